The highest BCUT2D eigenvalue weighted by atomic mass is 15.2. The van der Waals surface area contributed by atoms with Gasteiger partial charge in [0.1, 0.15) is 5.82 Å². The molecule has 1 fully saturated rings. The van der Waals surface area contributed by atoms with E-state index in [4.69, 9.17) is 10.7 Å². The standard InChI is InChI=1S/C20H26N6.5H2/c1-13(2)11-14-12-26(10-8-16(14)21)18-7-3-6-17(23-18)19-15-5-4-9-22-20(15)25-24-19;;;;;/h3-7,9,13-14,16H,8,10-12,21H2,1-2H3,(H,22,24,25);5*1H/t14-,16+;;;;;/m1...../s1. The Labute approximate surface area is 161 Å². The highest BCUT2D eigenvalue weighted by Crippen LogP contribution is 2.28. The number of fused-ring (bicyclic) bond motifs is 1. The fraction of sp³-hybridized carbons (Fsp3) is 0.450. The van der Waals surface area contributed by atoms with Crippen molar-refractivity contribution in [1.82, 2.24) is 20.2 Å². The Hall–Kier alpha value is -2.47. The van der Waals surface area contributed by atoms with Crippen molar-refractivity contribution >= 4 is 16.9 Å². The second-order valence-electron chi connectivity index (χ2n) is 7.64. The van der Waals surface area contributed by atoms with Gasteiger partial charge in [0, 0.05) is 37.8 Å². The maximum atomic E-state index is 6.37. The van der Waals surface area contributed by atoms with E-state index >= 15 is 0 Å². The summed E-state index contributed by atoms with van der Waals surface area (Å²) in [4.78, 5) is 11.6. The van der Waals surface area contributed by atoms with E-state index in [1.54, 1.807) is 6.20 Å². The fourth-order valence-corrected chi connectivity index (χ4v) is 3.90. The van der Waals surface area contributed by atoms with Crippen LogP contribution in [0.1, 0.15) is 33.8 Å². The van der Waals surface area contributed by atoms with Gasteiger partial charge < -0.3 is 10.6 Å². The molecule has 3 aromatic rings. The highest BCUT2D eigenvalue weighted by molar-refractivity contribution is 5.89. The molecule has 0 bridgehead atoms. The van der Waals surface area contributed by atoms with E-state index in [1.165, 1.54) is 0 Å². The summed E-state index contributed by atoms with van der Waals surface area (Å²) >= 11 is 0. The molecule has 3 aromatic heterocycles. The van der Waals surface area contributed by atoms with E-state index in [2.05, 4.69) is 46.1 Å². The minimum atomic E-state index is 0. The number of aromatic amines is 1. The van der Waals surface area contributed by atoms with Crippen LogP contribution in [0.15, 0.2) is 36.5 Å². The van der Waals surface area contributed by atoms with Gasteiger partial charge in [-0.25, -0.2) is 9.97 Å². The van der Waals surface area contributed by atoms with Crippen molar-refractivity contribution in [3.63, 3.8) is 0 Å². The normalized spacial score (nSPS) is 20.8. The molecule has 1 saturated heterocycles. The van der Waals surface area contributed by atoms with E-state index in [9.17, 15) is 0 Å². The molecule has 0 saturated carbocycles. The summed E-state index contributed by atoms with van der Waals surface area (Å²) in [5, 5.41) is 8.37. The molecule has 6 nitrogen and oxygen atoms in total. The topological polar surface area (TPSA) is 83.7 Å². The van der Waals surface area contributed by atoms with E-state index < -0.39 is 0 Å². The minimum absolute atomic E-state index is 0. The van der Waals surface area contributed by atoms with Crippen LogP contribution in [0.5, 0.6) is 0 Å². The average molecular weight is 361 g/mol. The lowest BCUT2D eigenvalue weighted by Crippen LogP contribution is -2.47. The molecule has 0 unspecified atom stereocenters. The van der Waals surface area contributed by atoms with Gasteiger partial charge in [-0.05, 0) is 48.9 Å². The molecule has 2 atom stereocenters. The monoisotopic (exact) mass is 360 g/mol. The van der Waals surface area contributed by atoms with Gasteiger partial charge in [0.05, 0.1) is 11.4 Å². The lowest BCUT2D eigenvalue weighted by Gasteiger charge is -2.38. The largest absolute Gasteiger partial charge is 0.356 e. The third kappa shape index (κ3) is 3.29. The Balaban J connectivity index is 0. The van der Waals surface area contributed by atoms with Crippen LogP contribution in [-0.4, -0.2) is 39.3 Å². The van der Waals surface area contributed by atoms with E-state index in [1.807, 2.05) is 18.2 Å². The van der Waals surface area contributed by atoms with E-state index in [-0.39, 0.29) is 7.13 Å². The quantitative estimate of drug-likeness (QED) is 0.718. The van der Waals surface area contributed by atoms with Gasteiger partial charge in [0.25, 0.3) is 0 Å². The number of piperidine rings is 1. The Morgan fingerprint density at radius 2 is 2.19 bits per heavy atom. The minimum Gasteiger partial charge on any atom is -0.356 e. The first-order chi connectivity index (χ1) is 12.6. The molecule has 0 aromatic carbocycles. The molecule has 0 aliphatic carbocycles. The first-order valence-electron chi connectivity index (χ1n) is 9.39. The molecule has 3 N–H and O–H groups in total. The lowest BCUT2D eigenvalue weighted by molar-refractivity contribution is 0.303. The molecule has 0 spiro atoms. The first-order valence-corrected chi connectivity index (χ1v) is 9.39. The number of aromatic nitrogens is 4. The van der Waals surface area contributed by atoms with Gasteiger partial charge in [-0.1, -0.05) is 19.9 Å². The maximum absolute atomic E-state index is 6.37. The van der Waals surface area contributed by atoms with Gasteiger partial charge >= 0.3 is 0 Å². The van der Waals surface area contributed by atoms with Crippen LogP contribution in [0, 0.1) is 11.8 Å². The average Bonchev–Trinajstić information content (AvgIpc) is 3.07. The number of hydrogen-bond acceptors (Lipinski definition) is 5. The van der Waals surface area contributed by atoms with Crippen molar-refractivity contribution in [2.75, 3.05) is 18.0 Å². The fourth-order valence-electron chi connectivity index (χ4n) is 3.90. The number of nitrogens with zero attached hydrogens (tertiary/aromatic N) is 4. The van der Waals surface area contributed by atoms with Crippen LogP contribution in [0.25, 0.3) is 22.4 Å². The number of rotatable bonds is 4. The summed E-state index contributed by atoms with van der Waals surface area (Å²) in [7, 11) is 0. The Morgan fingerprint density at radius 3 is 3.04 bits per heavy atom. The van der Waals surface area contributed by atoms with Crippen molar-refractivity contribution in [2.45, 2.75) is 32.7 Å². The van der Waals surface area contributed by atoms with Crippen molar-refractivity contribution in [2.24, 2.45) is 17.6 Å². The predicted molar refractivity (Wildman–Crippen MR) is 115 cm³/mol. The summed E-state index contributed by atoms with van der Waals surface area (Å²) in [5.74, 6) is 2.19. The van der Waals surface area contributed by atoms with Crippen molar-refractivity contribution in [3.05, 3.63) is 36.5 Å². The molecule has 0 amide bonds. The zero-order valence-electron chi connectivity index (χ0n) is 15.4. The summed E-state index contributed by atoms with van der Waals surface area (Å²) in [6.45, 7) is 6.46. The number of hydrogen-bond donors (Lipinski definition) is 2. The second-order valence-corrected chi connectivity index (χ2v) is 7.64. The van der Waals surface area contributed by atoms with E-state index in [0.29, 0.717) is 17.9 Å². The zero-order chi connectivity index (χ0) is 18.1. The molecule has 0 radical (unpaired) electrons. The summed E-state index contributed by atoms with van der Waals surface area (Å²) in [5.41, 5.74) is 8.90. The van der Waals surface area contributed by atoms with Crippen LogP contribution >= 0.6 is 0 Å². The molecule has 1 aliphatic heterocycles. The molecule has 4 heterocycles. The first kappa shape index (κ1) is 17.0. The predicted octanol–water partition coefficient (Wildman–Crippen LogP) is 4.45. The van der Waals surface area contributed by atoms with Gasteiger partial charge in [-0.2, -0.15) is 5.10 Å². The van der Waals surface area contributed by atoms with Crippen LogP contribution in [-0.2, 0) is 0 Å². The number of nitrogens with two attached hydrogens (primary N) is 1. The zero-order valence-corrected chi connectivity index (χ0v) is 15.4. The summed E-state index contributed by atoms with van der Waals surface area (Å²) in [6, 6.07) is 10.4. The maximum Gasteiger partial charge on any atom is 0.181 e. The van der Waals surface area contributed by atoms with Crippen LogP contribution in [0.2, 0.25) is 0 Å². The van der Waals surface area contributed by atoms with Gasteiger partial charge in [0.15, 0.2) is 5.65 Å². The molecule has 4 rings (SSSR count). The van der Waals surface area contributed by atoms with Gasteiger partial charge in [-0.15, -0.1) is 0 Å². The summed E-state index contributed by atoms with van der Waals surface area (Å²) < 4.78 is 0. The molecule has 1 aliphatic rings. The van der Waals surface area contributed by atoms with Crippen LogP contribution < -0.4 is 10.6 Å². The molecule has 6 heteroatoms. The van der Waals surface area contributed by atoms with Crippen molar-refractivity contribution in [1.29, 1.82) is 0 Å². The van der Waals surface area contributed by atoms with Gasteiger partial charge in [-0.3, -0.25) is 5.10 Å². The smallest absolute Gasteiger partial charge is 0.181 e. The van der Waals surface area contributed by atoms with Crippen LogP contribution in [0.3, 0.4) is 0 Å². The van der Waals surface area contributed by atoms with Crippen molar-refractivity contribution in [3.8, 4) is 11.4 Å². The Morgan fingerprint density at radius 1 is 1.31 bits per heavy atom. The van der Waals surface area contributed by atoms with E-state index in [0.717, 1.165) is 54.2 Å². The number of pyridine rings is 2. The number of H-pyrrole nitrogens is 1. The number of anilines is 1. The molecule has 26 heavy (non-hydrogen) atoms. The Bertz CT molecular complexity index is 906. The summed E-state index contributed by atoms with van der Waals surface area (Å²) in [6.07, 6.45) is 3.93. The second kappa shape index (κ2) is 7.03. The third-order valence-corrected chi connectivity index (χ3v) is 5.21. The number of nitrogens with one attached hydrogen (secondary N) is 1. The Kier molecular flexibility index (Phi) is 4.59. The highest BCUT2D eigenvalue weighted by Gasteiger charge is 2.28. The SMILES string of the molecule is CC(C)C[C@@H]1CN(c2cccc(-c3[nH]nc4ncccc34)n2)CC[C@@H]1N.[HH].[HH].[HH].[HH].[HH]. The van der Waals surface area contributed by atoms with Crippen LogP contribution in [0.4, 0.5) is 5.82 Å². The molecule has 146 valence electrons. The molecular formula is C20H36N6. The molecular weight excluding hydrogens is 324 g/mol. The van der Waals surface area contributed by atoms with Gasteiger partial charge in [0.2, 0.25) is 0 Å². The third-order valence-electron chi connectivity index (χ3n) is 5.21. The lowest BCUT2D eigenvalue weighted by atomic mass is 9.86. The van der Waals surface area contributed by atoms with Crippen molar-refractivity contribution < 1.29 is 7.13 Å².